The largest absolute Gasteiger partial charge is 0.508 e. The van der Waals surface area contributed by atoms with Crippen molar-refractivity contribution in [2.24, 2.45) is 17.6 Å². The zero-order chi connectivity index (χ0) is 20.8. The van der Waals surface area contributed by atoms with Crippen LogP contribution in [0.25, 0.3) is 0 Å². The summed E-state index contributed by atoms with van der Waals surface area (Å²) in [6.07, 6.45) is -1.12. The Bertz CT molecular complexity index is 661. The van der Waals surface area contributed by atoms with Gasteiger partial charge in [-0.1, -0.05) is 26.8 Å². The third kappa shape index (κ3) is 6.32. The second-order valence-electron chi connectivity index (χ2n) is 7.24. The number of carboxylic acids is 1. The maximum absolute atomic E-state index is 11.8. The van der Waals surface area contributed by atoms with Gasteiger partial charge in [0.25, 0.3) is 0 Å². The Morgan fingerprint density at radius 1 is 1.15 bits per heavy atom. The molecule has 0 saturated carbocycles. The summed E-state index contributed by atoms with van der Waals surface area (Å²) in [5, 5.41) is 28.6. The van der Waals surface area contributed by atoms with Crippen LogP contribution in [0.4, 0.5) is 4.79 Å². The summed E-state index contributed by atoms with van der Waals surface area (Å²) >= 11 is 0. The van der Waals surface area contributed by atoms with Crippen LogP contribution in [-0.2, 0) is 20.7 Å². The minimum atomic E-state index is -1.76. The van der Waals surface area contributed by atoms with Crippen LogP contribution in [0.15, 0.2) is 18.2 Å². The standard InChI is InChI=1S/C19H29NO7/c1-11(2)7-8-26-18(25)27-13(4)12(3)19(20,17(23)24)10-14-5-6-15(21)16(22)9-14/h5-6,9,11-13,21-22H,7-8,10,20H2,1-4H3,(H,23,24)/t12-,13+,19-/m1/s1. The highest BCUT2D eigenvalue weighted by Crippen LogP contribution is 2.30. The van der Waals surface area contributed by atoms with Crippen LogP contribution >= 0.6 is 0 Å². The van der Waals surface area contributed by atoms with E-state index in [0.29, 0.717) is 17.9 Å². The fourth-order valence-corrected chi connectivity index (χ4v) is 2.53. The van der Waals surface area contributed by atoms with Gasteiger partial charge in [-0.2, -0.15) is 0 Å². The maximum atomic E-state index is 11.8. The van der Waals surface area contributed by atoms with E-state index in [1.165, 1.54) is 18.2 Å². The fraction of sp³-hybridized carbons (Fsp3) is 0.579. The van der Waals surface area contributed by atoms with Gasteiger partial charge in [-0.15, -0.1) is 0 Å². The van der Waals surface area contributed by atoms with Crippen molar-refractivity contribution in [1.29, 1.82) is 0 Å². The van der Waals surface area contributed by atoms with Crippen molar-refractivity contribution in [2.75, 3.05) is 6.61 Å². The molecule has 0 radical (unpaired) electrons. The normalized spacial score (nSPS) is 15.6. The first-order chi connectivity index (χ1) is 12.5. The number of phenols is 2. The minimum Gasteiger partial charge on any atom is -0.504 e. The number of aromatic hydroxyl groups is 2. The SMILES string of the molecule is CC(C)CCOC(=O)O[C@@H](C)[C@@H](C)[C@](N)(Cc1ccc(O)c(O)c1)C(=O)O. The lowest BCUT2D eigenvalue weighted by Gasteiger charge is -2.34. The minimum absolute atomic E-state index is 0.132. The zero-order valence-corrected chi connectivity index (χ0v) is 16.1. The lowest BCUT2D eigenvalue weighted by Crippen LogP contribution is -2.58. The van der Waals surface area contributed by atoms with Gasteiger partial charge < -0.3 is 30.5 Å². The molecule has 8 nitrogen and oxygen atoms in total. The average molecular weight is 383 g/mol. The van der Waals surface area contributed by atoms with E-state index < -0.39 is 29.7 Å². The lowest BCUT2D eigenvalue weighted by molar-refractivity contribution is -0.147. The van der Waals surface area contributed by atoms with Crippen molar-refractivity contribution in [1.82, 2.24) is 0 Å². The molecule has 1 aromatic carbocycles. The highest BCUT2D eigenvalue weighted by molar-refractivity contribution is 5.79. The van der Waals surface area contributed by atoms with Crippen molar-refractivity contribution in [3.63, 3.8) is 0 Å². The Kier molecular flexibility index (Phi) is 7.90. The van der Waals surface area contributed by atoms with Gasteiger partial charge in [-0.05, 0) is 37.0 Å². The lowest BCUT2D eigenvalue weighted by atomic mass is 9.78. The number of nitrogens with two attached hydrogens (primary N) is 1. The van der Waals surface area contributed by atoms with Gasteiger partial charge in [-0.25, -0.2) is 4.79 Å². The summed E-state index contributed by atoms with van der Waals surface area (Å²) in [6, 6.07) is 3.97. The summed E-state index contributed by atoms with van der Waals surface area (Å²) in [4.78, 5) is 23.6. The van der Waals surface area contributed by atoms with Gasteiger partial charge in [0.1, 0.15) is 11.6 Å². The molecule has 0 bridgehead atoms. The Morgan fingerprint density at radius 2 is 1.78 bits per heavy atom. The molecule has 0 aromatic heterocycles. The van der Waals surface area contributed by atoms with Crippen LogP contribution < -0.4 is 5.73 Å². The predicted molar refractivity (Wildman–Crippen MR) is 98.5 cm³/mol. The Morgan fingerprint density at radius 3 is 2.30 bits per heavy atom. The number of carbonyl (C=O) groups excluding carboxylic acids is 1. The van der Waals surface area contributed by atoms with Gasteiger partial charge in [-0.3, -0.25) is 4.79 Å². The molecule has 0 aliphatic heterocycles. The molecular weight excluding hydrogens is 354 g/mol. The first-order valence-corrected chi connectivity index (χ1v) is 8.84. The highest BCUT2D eigenvalue weighted by Gasteiger charge is 2.44. The van der Waals surface area contributed by atoms with Crippen LogP contribution in [0.2, 0.25) is 0 Å². The number of ether oxygens (including phenoxy) is 2. The summed E-state index contributed by atoms with van der Waals surface area (Å²) in [6.45, 7) is 7.33. The number of carboxylic acid groups (broad SMARTS) is 1. The molecule has 152 valence electrons. The summed E-state index contributed by atoms with van der Waals surface area (Å²) in [5.41, 5.74) is 4.81. The predicted octanol–water partition coefficient (Wildman–Crippen LogP) is 2.65. The third-order valence-electron chi connectivity index (χ3n) is 4.65. The van der Waals surface area contributed by atoms with Crippen LogP contribution in [0, 0.1) is 11.8 Å². The Balaban J connectivity index is 2.83. The molecule has 1 rings (SSSR count). The number of rotatable bonds is 9. The van der Waals surface area contributed by atoms with E-state index in [-0.39, 0.29) is 24.5 Å². The Hall–Kier alpha value is -2.48. The molecule has 0 fully saturated rings. The highest BCUT2D eigenvalue weighted by atomic mass is 16.7. The van der Waals surface area contributed by atoms with E-state index in [0.717, 1.165) is 0 Å². The van der Waals surface area contributed by atoms with E-state index in [1.54, 1.807) is 13.8 Å². The molecule has 0 unspecified atom stereocenters. The van der Waals surface area contributed by atoms with E-state index in [9.17, 15) is 24.9 Å². The van der Waals surface area contributed by atoms with Crippen molar-refractivity contribution in [3.8, 4) is 11.5 Å². The number of hydrogen-bond acceptors (Lipinski definition) is 7. The number of hydrogen-bond donors (Lipinski definition) is 4. The fourth-order valence-electron chi connectivity index (χ4n) is 2.53. The molecule has 27 heavy (non-hydrogen) atoms. The van der Waals surface area contributed by atoms with E-state index in [4.69, 9.17) is 15.2 Å². The summed E-state index contributed by atoms with van der Waals surface area (Å²) in [5.74, 6) is -2.34. The second kappa shape index (κ2) is 9.45. The smallest absolute Gasteiger partial charge is 0.504 e. The van der Waals surface area contributed by atoms with Crippen LogP contribution in [0.3, 0.4) is 0 Å². The molecule has 1 aromatic rings. The monoisotopic (exact) mass is 383 g/mol. The summed E-state index contributed by atoms with van der Waals surface area (Å²) in [7, 11) is 0. The molecule has 0 amide bonds. The van der Waals surface area contributed by atoms with Crippen LogP contribution in [-0.4, -0.2) is 45.7 Å². The van der Waals surface area contributed by atoms with Crippen molar-refractivity contribution >= 4 is 12.1 Å². The quantitative estimate of drug-likeness (QED) is 0.377. The maximum Gasteiger partial charge on any atom is 0.508 e. The van der Waals surface area contributed by atoms with Gasteiger partial charge in [0, 0.05) is 12.3 Å². The van der Waals surface area contributed by atoms with Gasteiger partial charge >= 0.3 is 12.1 Å². The zero-order valence-electron chi connectivity index (χ0n) is 16.1. The molecule has 0 aliphatic rings. The first-order valence-electron chi connectivity index (χ1n) is 8.84. The van der Waals surface area contributed by atoms with Gasteiger partial charge in [0.15, 0.2) is 11.5 Å². The molecule has 0 heterocycles. The Labute approximate surface area is 158 Å². The molecule has 0 aliphatic carbocycles. The molecule has 8 heteroatoms. The van der Waals surface area contributed by atoms with Gasteiger partial charge in [0.2, 0.25) is 0 Å². The molecular formula is C19H29NO7. The third-order valence-corrected chi connectivity index (χ3v) is 4.65. The van der Waals surface area contributed by atoms with E-state index >= 15 is 0 Å². The van der Waals surface area contributed by atoms with E-state index in [1.807, 2.05) is 13.8 Å². The van der Waals surface area contributed by atoms with Crippen molar-refractivity contribution in [3.05, 3.63) is 23.8 Å². The summed E-state index contributed by atoms with van der Waals surface area (Å²) < 4.78 is 10.2. The number of benzene rings is 1. The molecule has 0 spiro atoms. The average Bonchev–Trinajstić information content (AvgIpc) is 2.56. The molecule has 3 atom stereocenters. The van der Waals surface area contributed by atoms with Crippen molar-refractivity contribution in [2.45, 2.75) is 52.2 Å². The molecule has 0 saturated heterocycles. The van der Waals surface area contributed by atoms with E-state index in [2.05, 4.69) is 0 Å². The number of carbonyl (C=O) groups is 2. The number of phenolic OH excluding ortho intramolecular Hbond substituents is 2. The van der Waals surface area contributed by atoms with Crippen LogP contribution in [0.5, 0.6) is 11.5 Å². The van der Waals surface area contributed by atoms with Crippen molar-refractivity contribution < 1.29 is 34.4 Å². The molecule has 5 N–H and O–H groups in total. The number of aliphatic carboxylic acids is 1. The topological polar surface area (TPSA) is 139 Å². The first kappa shape index (κ1) is 22.6. The van der Waals surface area contributed by atoms with Crippen LogP contribution in [0.1, 0.15) is 39.7 Å². The van der Waals surface area contributed by atoms with Gasteiger partial charge in [0.05, 0.1) is 6.61 Å². The second-order valence-corrected chi connectivity index (χ2v) is 7.24.